The Morgan fingerprint density at radius 1 is 1.11 bits per heavy atom. The molecule has 0 aliphatic rings. The van der Waals surface area contributed by atoms with Crippen LogP contribution in [0.15, 0.2) is 46.9 Å². The van der Waals surface area contributed by atoms with E-state index in [1.807, 2.05) is 19.9 Å². The Morgan fingerprint density at radius 2 is 1.89 bits per heavy atom. The third kappa shape index (κ3) is 6.40. The van der Waals surface area contributed by atoms with Crippen LogP contribution in [0.4, 0.5) is 5.69 Å². The van der Waals surface area contributed by atoms with Gasteiger partial charge in [-0.2, -0.15) is 0 Å². The molecule has 0 fully saturated rings. The van der Waals surface area contributed by atoms with Crippen LogP contribution in [0.1, 0.15) is 54.3 Å². The van der Waals surface area contributed by atoms with Gasteiger partial charge in [-0.1, -0.05) is 35.3 Å². The molecule has 5 nitrogen and oxygen atoms in total. The van der Waals surface area contributed by atoms with E-state index in [9.17, 15) is 9.59 Å². The van der Waals surface area contributed by atoms with Crippen LogP contribution in [0, 0.1) is 0 Å². The van der Waals surface area contributed by atoms with Crippen molar-refractivity contribution in [2.75, 3.05) is 11.9 Å². The van der Waals surface area contributed by atoms with Gasteiger partial charge in [0.05, 0.1) is 12.2 Å². The first kappa shape index (κ1) is 21.0. The SMILES string of the molecule is CCCCOc1ccc(Br)cc1C(=O)Nc1cccc(C(=O)NC(C)C)c1. The number of carbonyl (C=O) groups is 2. The van der Waals surface area contributed by atoms with E-state index < -0.39 is 0 Å². The molecule has 144 valence electrons. The van der Waals surface area contributed by atoms with E-state index in [0.717, 1.165) is 17.3 Å². The third-order valence-electron chi connectivity index (χ3n) is 3.74. The molecular weight excluding hydrogens is 408 g/mol. The molecule has 2 N–H and O–H groups in total. The summed E-state index contributed by atoms with van der Waals surface area (Å²) in [5, 5.41) is 5.68. The predicted octanol–water partition coefficient (Wildman–Crippen LogP) is 5.02. The molecule has 0 atom stereocenters. The molecule has 0 bridgehead atoms. The van der Waals surface area contributed by atoms with Crippen LogP contribution in [0.5, 0.6) is 5.75 Å². The summed E-state index contributed by atoms with van der Waals surface area (Å²) < 4.78 is 6.54. The fourth-order valence-corrected chi connectivity index (χ4v) is 2.78. The van der Waals surface area contributed by atoms with Crippen LogP contribution in [0.25, 0.3) is 0 Å². The number of hydrogen-bond acceptors (Lipinski definition) is 3. The normalized spacial score (nSPS) is 10.6. The molecule has 2 aromatic rings. The van der Waals surface area contributed by atoms with Crippen LogP contribution in [0.2, 0.25) is 0 Å². The molecule has 2 amide bonds. The number of carbonyl (C=O) groups excluding carboxylic acids is 2. The van der Waals surface area contributed by atoms with Crippen LogP contribution in [-0.4, -0.2) is 24.5 Å². The number of hydrogen-bond donors (Lipinski definition) is 2. The van der Waals surface area contributed by atoms with Crippen molar-refractivity contribution in [3.05, 3.63) is 58.1 Å². The molecule has 2 aromatic carbocycles. The minimum absolute atomic E-state index is 0.0419. The highest BCUT2D eigenvalue weighted by molar-refractivity contribution is 9.10. The van der Waals surface area contributed by atoms with Gasteiger partial charge in [-0.3, -0.25) is 9.59 Å². The fraction of sp³-hybridized carbons (Fsp3) is 0.333. The summed E-state index contributed by atoms with van der Waals surface area (Å²) in [5.41, 5.74) is 1.49. The van der Waals surface area contributed by atoms with Crippen molar-refractivity contribution in [1.29, 1.82) is 0 Å². The maximum absolute atomic E-state index is 12.8. The van der Waals surface area contributed by atoms with Crippen molar-refractivity contribution in [3.8, 4) is 5.75 Å². The second-order valence-corrected chi connectivity index (χ2v) is 7.42. The third-order valence-corrected chi connectivity index (χ3v) is 4.24. The van der Waals surface area contributed by atoms with Gasteiger partial charge in [0.2, 0.25) is 0 Å². The molecule has 0 saturated heterocycles. The highest BCUT2D eigenvalue weighted by Crippen LogP contribution is 2.25. The number of benzene rings is 2. The van der Waals surface area contributed by atoms with Crippen LogP contribution >= 0.6 is 15.9 Å². The molecule has 0 unspecified atom stereocenters. The molecule has 0 aromatic heterocycles. The topological polar surface area (TPSA) is 67.4 Å². The monoisotopic (exact) mass is 432 g/mol. The molecule has 0 radical (unpaired) electrons. The number of anilines is 1. The lowest BCUT2D eigenvalue weighted by Gasteiger charge is -2.13. The van der Waals surface area contributed by atoms with E-state index in [4.69, 9.17) is 4.74 Å². The van der Waals surface area contributed by atoms with Gasteiger partial charge in [0, 0.05) is 21.8 Å². The van der Waals surface area contributed by atoms with Crippen LogP contribution in [0.3, 0.4) is 0 Å². The molecule has 0 heterocycles. The van der Waals surface area contributed by atoms with Crippen molar-refractivity contribution in [3.63, 3.8) is 0 Å². The summed E-state index contributed by atoms with van der Waals surface area (Å²) in [5.74, 6) is 0.0780. The minimum atomic E-state index is -0.288. The van der Waals surface area contributed by atoms with Gasteiger partial charge in [0.15, 0.2) is 0 Å². The zero-order valence-electron chi connectivity index (χ0n) is 15.8. The van der Waals surface area contributed by atoms with E-state index in [1.54, 1.807) is 36.4 Å². The Balaban J connectivity index is 2.17. The lowest BCUT2D eigenvalue weighted by atomic mass is 10.1. The van der Waals surface area contributed by atoms with Gasteiger partial charge in [-0.15, -0.1) is 0 Å². The van der Waals surface area contributed by atoms with Crippen LogP contribution < -0.4 is 15.4 Å². The van der Waals surface area contributed by atoms with E-state index in [1.165, 1.54) is 0 Å². The highest BCUT2D eigenvalue weighted by Gasteiger charge is 2.15. The van der Waals surface area contributed by atoms with Gasteiger partial charge in [0.25, 0.3) is 11.8 Å². The lowest BCUT2D eigenvalue weighted by Crippen LogP contribution is -2.30. The van der Waals surface area contributed by atoms with E-state index in [-0.39, 0.29) is 17.9 Å². The van der Waals surface area contributed by atoms with Gasteiger partial charge in [-0.05, 0) is 56.7 Å². The molecule has 0 aliphatic heterocycles. The average Bonchev–Trinajstić information content (AvgIpc) is 2.62. The summed E-state index contributed by atoms with van der Waals surface area (Å²) >= 11 is 3.40. The maximum atomic E-state index is 12.8. The van der Waals surface area contributed by atoms with Gasteiger partial charge in [0.1, 0.15) is 5.75 Å². The summed E-state index contributed by atoms with van der Waals surface area (Å²) in [6, 6.07) is 12.3. The summed E-state index contributed by atoms with van der Waals surface area (Å²) in [4.78, 5) is 24.9. The molecule has 0 saturated carbocycles. The van der Waals surface area contributed by atoms with Crippen LogP contribution in [-0.2, 0) is 0 Å². The first-order valence-corrected chi connectivity index (χ1v) is 9.84. The molecule has 0 aliphatic carbocycles. The van der Waals surface area contributed by atoms with Crippen molar-refractivity contribution in [2.24, 2.45) is 0 Å². The summed E-state index contributed by atoms with van der Waals surface area (Å²) in [7, 11) is 0. The molecule has 0 spiro atoms. The second kappa shape index (κ2) is 10.1. The van der Waals surface area contributed by atoms with Crippen molar-refractivity contribution in [1.82, 2.24) is 5.32 Å². The molecule has 6 heteroatoms. The maximum Gasteiger partial charge on any atom is 0.259 e. The Morgan fingerprint density at radius 3 is 2.59 bits per heavy atom. The van der Waals surface area contributed by atoms with Gasteiger partial charge in [-0.25, -0.2) is 0 Å². The quantitative estimate of drug-likeness (QED) is 0.575. The average molecular weight is 433 g/mol. The second-order valence-electron chi connectivity index (χ2n) is 6.51. The number of rotatable bonds is 8. The van der Waals surface area contributed by atoms with Gasteiger partial charge >= 0.3 is 0 Å². The Labute approximate surface area is 168 Å². The summed E-state index contributed by atoms with van der Waals surface area (Å²) in [6.45, 7) is 6.44. The van der Waals surface area contributed by atoms with Crippen molar-refractivity contribution < 1.29 is 14.3 Å². The Hall–Kier alpha value is -2.34. The fourth-order valence-electron chi connectivity index (χ4n) is 2.41. The zero-order valence-corrected chi connectivity index (χ0v) is 17.4. The van der Waals surface area contributed by atoms with Gasteiger partial charge < -0.3 is 15.4 Å². The predicted molar refractivity (Wildman–Crippen MR) is 112 cm³/mol. The van der Waals surface area contributed by atoms with E-state index in [2.05, 4.69) is 33.5 Å². The van der Waals surface area contributed by atoms with Crippen molar-refractivity contribution >= 4 is 33.4 Å². The van der Waals surface area contributed by atoms with Crippen molar-refractivity contribution in [2.45, 2.75) is 39.7 Å². The number of unbranched alkanes of at least 4 members (excludes halogenated alkanes) is 1. The number of ether oxygens (including phenoxy) is 1. The number of amides is 2. The molecular formula is C21H25BrN2O3. The summed E-state index contributed by atoms with van der Waals surface area (Å²) in [6.07, 6.45) is 1.94. The largest absolute Gasteiger partial charge is 0.493 e. The minimum Gasteiger partial charge on any atom is -0.493 e. The first-order valence-electron chi connectivity index (χ1n) is 9.05. The Bertz CT molecular complexity index is 806. The number of nitrogens with one attached hydrogen (secondary N) is 2. The smallest absolute Gasteiger partial charge is 0.259 e. The highest BCUT2D eigenvalue weighted by atomic mass is 79.9. The number of halogens is 1. The molecule has 27 heavy (non-hydrogen) atoms. The molecule has 2 rings (SSSR count). The van der Waals surface area contributed by atoms with E-state index in [0.29, 0.717) is 29.2 Å². The first-order chi connectivity index (χ1) is 12.9. The van der Waals surface area contributed by atoms with E-state index >= 15 is 0 Å². The zero-order chi connectivity index (χ0) is 19.8. The Kier molecular flexibility index (Phi) is 7.85. The lowest BCUT2D eigenvalue weighted by molar-refractivity contribution is 0.0941. The standard InChI is InChI=1S/C21H25BrN2O3/c1-4-5-11-27-19-10-9-16(22)13-18(19)21(26)24-17-8-6-7-15(12-17)20(25)23-14(2)3/h6-10,12-14H,4-5,11H2,1-3H3,(H,23,25)(H,24,26).